The molecule has 3 N–H and O–H groups in total. The van der Waals surface area contributed by atoms with Gasteiger partial charge in [0.05, 0.1) is 5.52 Å². The molecule has 18 heavy (non-hydrogen) atoms. The average molecular weight is 245 g/mol. The van der Waals surface area contributed by atoms with E-state index in [-0.39, 0.29) is 0 Å². The summed E-state index contributed by atoms with van der Waals surface area (Å²) in [6.45, 7) is 3.73. The minimum Gasteiger partial charge on any atom is -0.353 e. The molecule has 0 spiro atoms. The Labute approximate surface area is 107 Å². The molecular weight excluding hydrogens is 226 g/mol. The highest BCUT2D eigenvalue weighted by Gasteiger charge is 2.06. The van der Waals surface area contributed by atoms with E-state index in [1.807, 2.05) is 24.3 Å². The molecule has 0 aliphatic heterocycles. The van der Waals surface area contributed by atoms with E-state index in [0.29, 0.717) is 11.9 Å². The van der Waals surface area contributed by atoms with Crippen LogP contribution in [0.25, 0.3) is 11.0 Å². The summed E-state index contributed by atoms with van der Waals surface area (Å²) in [5.74, 6) is 1.15. The fourth-order valence-electron chi connectivity index (χ4n) is 1.88. The van der Waals surface area contributed by atoms with E-state index in [9.17, 15) is 0 Å². The molecular formula is C13H19N5. The second kappa shape index (κ2) is 6.26. The fourth-order valence-corrected chi connectivity index (χ4v) is 1.88. The molecule has 5 heteroatoms. The van der Waals surface area contributed by atoms with Crippen molar-refractivity contribution in [2.75, 3.05) is 18.4 Å². The Morgan fingerprint density at radius 1 is 1.22 bits per heavy atom. The fraction of sp³-hybridized carbons (Fsp3) is 0.462. The molecule has 0 amide bonds. The van der Waals surface area contributed by atoms with E-state index in [4.69, 9.17) is 5.73 Å². The van der Waals surface area contributed by atoms with Gasteiger partial charge in [0.15, 0.2) is 0 Å². The molecule has 2 rings (SSSR count). The van der Waals surface area contributed by atoms with Crippen molar-refractivity contribution in [3.8, 4) is 0 Å². The number of nitrogens with zero attached hydrogens (tertiary/aromatic N) is 3. The Morgan fingerprint density at radius 3 is 2.72 bits per heavy atom. The summed E-state index contributed by atoms with van der Waals surface area (Å²) in [6.07, 6.45) is 2.12. The topological polar surface area (TPSA) is 76.7 Å². The van der Waals surface area contributed by atoms with E-state index >= 15 is 0 Å². The number of fused-ring (bicyclic) bond motifs is 1. The van der Waals surface area contributed by atoms with Gasteiger partial charge in [-0.3, -0.25) is 0 Å². The lowest BCUT2D eigenvalue weighted by Crippen LogP contribution is -2.18. The van der Waals surface area contributed by atoms with Crippen LogP contribution in [-0.4, -0.2) is 28.3 Å². The molecule has 1 aromatic heterocycles. The largest absolute Gasteiger partial charge is 0.353 e. The van der Waals surface area contributed by atoms with Crippen LogP contribution in [-0.2, 0) is 0 Å². The van der Waals surface area contributed by atoms with Crippen LogP contribution in [0.15, 0.2) is 24.3 Å². The molecule has 2 aromatic rings. The van der Waals surface area contributed by atoms with Gasteiger partial charge >= 0.3 is 0 Å². The molecule has 0 radical (unpaired) electrons. The third-order valence-corrected chi connectivity index (χ3v) is 3.06. The molecule has 0 saturated heterocycles. The first-order chi connectivity index (χ1) is 8.83. The van der Waals surface area contributed by atoms with E-state index in [1.165, 1.54) is 0 Å². The SMILES string of the molecule is CCC(CCN)CNc1nnc2ccccc2n1. The maximum Gasteiger partial charge on any atom is 0.243 e. The van der Waals surface area contributed by atoms with Crippen molar-refractivity contribution in [2.45, 2.75) is 19.8 Å². The molecule has 1 atom stereocenters. The number of para-hydroxylation sites is 1. The molecule has 1 aromatic carbocycles. The van der Waals surface area contributed by atoms with Crippen molar-refractivity contribution in [3.05, 3.63) is 24.3 Å². The number of aromatic nitrogens is 3. The lowest BCUT2D eigenvalue weighted by Gasteiger charge is -2.14. The zero-order chi connectivity index (χ0) is 12.8. The van der Waals surface area contributed by atoms with Gasteiger partial charge < -0.3 is 11.1 Å². The molecule has 0 aliphatic carbocycles. The van der Waals surface area contributed by atoms with Gasteiger partial charge in [0.1, 0.15) is 5.52 Å². The van der Waals surface area contributed by atoms with Gasteiger partial charge in [0.2, 0.25) is 5.95 Å². The van der Waals surface area contributed by atoms with Gasteiger partial charge in [0.25, 0.3) is 0 Å². The number of hydrogen-bond donors (Lipinski definition) is 2. The lowest BCUT2D eigenvalue weighted by atomic mass is 10.0. The van der Waals surface area contributed by atoms with E-state index in [0.717, 1.165) is 37.0 Å². The highest BCUT2D eigenvalue weighted by molar-refractivity contribution is 5.73. The van der Waals surface area contributed by atoms with E-state index < -0.39 is 0 Å². The second-order valence-corrected chi connectivity index (χ2v) is 4.36. The van der Waals surface area contributed by atoms with Crippen molar-refractivity contribution in [1.29, 1.82) is 0 Å². The van der Waals surface area contributed by atoms with Crippen LogP contribution < -0.4 is 11.1 Å². The third kappa shape index (κ3) is 3.13. The number of rotatable bonds is 6. The highest BCUT2D eigenvalue weighted by atomic mass is 15.2. The smallest absolute Gasteiger partial charge is 0.243 e. The Hall–Kier alpha value is -1.75. The monoisotopic (exact) mass is 245 g/mol. The number of nitrogens with two attached hydrogens (primary N) is 1. The van der Waals surface area contributed by atoms with Crippen LogP contribution in [0.5, 0.6) is 0 Å². The van der Waals surface area contributed by atoms with Crippen molar-refractivity contribution < 1.29 is 0 Å². The highest BCUT2D eigenvalue weighted by Crippen LogP contribution is 2.11. The summed E-state index contributed by atoms with van der Waals surface area (Å²) < 4.78 is 0. The third-order valence-electron chi connectivity index (χ3n) is 3.06. The van der Waals surface area contributed by atoms with Gasteiger partial charge in [-0.25, -0.2) is 4.98 Å². The summed E-state index contributed by atoms with van der Waals surface area (Å²) in [5, 5.41) is 11.4. The molecule has 96 valence electrons. The maximum absolute atomic E-state index is 5.58. The number of benzene rings is 1. The minimum atomic E-state index is 0.560. The van der Waals surface area contributed by atoms with Gasteiger partial charge in [-0.05, 0) is 31.0 Å². The summed E-state index contributed by atoms with van der Waals surface area (Å²) in [5.41, 5.74) is 7.26. The Balaban J connectivity index is 2.03. The molecule has 0 fully saturated rings. The molecule has 5 nitrogen and oxygen atoms in total. The molecule has 0 saturated carbocycles. The van der Waals surface area contributed by atoms with Gasteiger partial charge in [-0.15, -0.1) is 10.2 Å². The van der Waals surface area contributed by atoms with E-state index in [1.54, 1.807) is 0 Å². The normalized spacial score (nSPS) is 12.6. The number of nitrogens with one attached hydrogen (secondary N) is 1. The Bertz CT molecular complexity index is 499. The molecule has 1 unspecified atom stereocenters. The Kier molecular flexibility index (Phi) is 4.41. The number of anilines is 1. The van der Waals surface area contributed by atoms with Crippen LogP contribution >= 0.6 is 0 Å². The maximum atomic E-state index is 5.58. The first kappa shape index (κ1) is 12.7. The Morgan fingerprint density at radius 2 is 2.00 bits per heavy atom. The molecule has 1 heterocycles. The first-order valence-corrected chi connectivity index (χ1v) is 6.37. The lowest BCUT2D eigenvalue weighted by molar-refractivity contribution is 0.500. The standard InChI is InChI=1S/C13H19N5/c1-2-10(7-8-14)9-15-13-16-11-5-3-4-6-12(11)17-18-13/h3-6,10H,2,7-9,14H2,1H3,(H,15,16,18). The summed E-state index contributed by atoms with van der Waals surface area (Å²) in [6, 6.07) is 7.72. The second-order valence-electron chi connectivity index (χ2n) is 4.36. The van der Waals surface area contributed by atoms with Gasteiger partial charge in [-0.2, -0.15) is 0 Å². The van der Waals surface area contributed by atoms with Crippen molar-refractivity contribution in [3.63, 3.8) is 0 Å². The van der Waals surface area contributed by atoms with Gasteiger partial charge in [-0.1, -0.05) is 25.5 Å². The zero-order valence-corrected chi connectivity index (χ0v) is 10.6. The first-order valence-electron chi connectivity index (χ1n) is 6.37. The van der Waals surface area contributed by atoms with Crippen molar-refractivity contribution >= 4 is 17.0 Å². The predicted molar refractivity (Wildman–Crippen MR) is 73.3 cm³/mol. The zero-order valence-electron chi connectivity index (χ0n) is 10.6. The predicted octanol–water partition coefficient (Wildman–Crippen LogP) is 1.81. The van der Waals surface area contributed by atoms with E-state index in [2.05, 4.69) is 27.4 Å². The summed E-state index contributed by atoms with van der Waals surface area (Å²) >= 11 is 0. The van der Waals surface area contributed by atoms with Crippen LogP contribution in [0.2, 0.25) is 0 Å². The number of hydrogen-bond acceptors (Lipinski definition) is 5. The minimum absolute atomic E-state index is 0.560. The summed E-state index contributed by atoms with van der Waals surface area (Å²) in [7, 11) is 0. The average Bonchev–Trinajstić information content (AvgIpc) is 2.43. The summed E-state index contributed by atoms with van der Waals surface area (Å²) in [4.78, 5) is 4.43. The van der Waals surface area contributed by atoms with Crippen molar-refractivity contribution in [1.82, 2.24) is 15.2 Å². The van der Waals surface area contributed by atoms with Crippen LogP contribution in [0.3, 0.4) is 0 Å². The van der Waals surface area contributed by atoms with Crippen LogP contribution in [0.1, 0.15) is 19.8 Å². The molecule has 0 aliphatic rings. The molecule has 0 bridgehead atoms. The van der Waals surface area contributed by atoms with Crippen LogP contribution in [0, 0.1) is 5.92 Å². The van der Waals surface area contributed by atoms with Crippen LogP contribution in [0.4, 0.5) is 5.95 Å². The quantitative estimate of drug-likeness (QED) is 0.811. The van der Waals surface area contributed by atoms with Gasteiger partial charge in [0, 0.05) is 6.54 Å². The van der Waals surface area contributed by atoms with Crippen molar-refractivity contribution in [2.24, 2.45) is 11.7 Å².